The molecule has 1 aromatic heterocycles. The Hall–Kier alpha value is -3.03. The van der Waals surface area contributed by atoms with E-state index >= 15 is 0 Å². The van der Waals surface area contributed by atoms with Crippen LogP contribution in [0.5, 0.6) is 0 Å². The molecule has 2 aromatic carbocycles. The molecule has 3 unspecified atom stereocenters. The molecule has 0 radical (unpaired) electrons. The maximum Gasteiger partial charge on any atom is 0.243 e. The van der Waals surface area contributed by atoms with Crippen LogP contribution >= 0.6 is 11.3 Å². The number of rotatable bonds is 13. The molecule has 7 heteroatoms. The molecule has 4 N–H and O–H groups in total. The second-order valence-electron chi connectivity index (χ2n) is 12.4. The summed E-state index contributed by atoms with van der Waals surface area (Å²) in [7, 11) is 0. The van der Waals surface area contributed by atoms with Gasteiger partial charge in [-0.05, 0) is 69.1 Å². The van der Waals surface area contributed by atoms with Gasteiger partial charge in [-0.3, -0.25) is 9.59 Å². The van der Waals surface area contributed by atoms with Crippen molar-refractivity contribution >= 4 is 23.2 Å². The first-order valence-electron chi connectivity index (χ1n) is 14.3. The first-order valence-corrected chi connectivity index (χ1v) is 15.2. The van der Waals surface area contributed by atoms with Crippen molar-refractivity contribution < 1.29 is 9.59 Å². The fourth-order valence-electron chi connectivity index (χ4n) is 4.74. The number of hydrogen-bond acceptors (Lipinski definition) is 5. The van der Waals surface area contributed by atoms with Crippen LogP contribution in [0, 0.1) is 11.8 Å². The van der Waals surface area contributed by atoms with Gasteiger partial charge in [0.2, 0.25) is 11.8 Å². The molecule has 0 spiro atoms. The van der Waals surface area contributed by atoms with Crippen molar-refractivity contribution in [2.75, 3.05) is 0 Å². The van der Waals surface area contributed by atoms with Crippen LogP contribution in [0.1, 0.15) is 76.8 Å². The lowest BCUT2D eigenvalue weighted by Crippen LogP contribution is -2.57. The van der Waals surface area contributed by atoms with Crippen molar-refractivity contribution in [3.63, 3.8) is 0 Å². The average Bonchev–Trinajstić information content (AvgIpc) is 3.46. The SMILES string of the molecule is CC(C)CCC(N)(c1cscn1)C(C)C(=O)NC(Cc1ccc(CCc2ccccc2)cc1)C(=O)NC(C)(C)C. The Kier molecular flexibility index (Phi) is 11.1. The second-order valence-corrected chi connectivity index (χ2v) is 13.1. The molecule has 0 bridgehead atoms. The summed E-state index contributed by atoms with van der Waals surface area (Å²) in [5.74, 6) is -0.580. The minimum absolute atomic E-state index is 0.209. The fourth-order valence-corrected chi connectivity index (χ4v) is 5.39. The zero-order chi connectivity index (χ0) is 29.3. The lowest BCUT2D eigenvalue weighted by atomic mass is 9.77. The van der Waals surface area contributed by atoms with E-state index in [1.165, 1.54) is 22.5 Å². The van der Waals surface area contributed by atoms with Gasteiger partial charge in [0, 0.05) is 17.3 Å². The van der Waals surface area contributed by atoms with Gasteiger partial charge in [0.1, 0.15) is 6.04 Å². The van der Waals surface area contributed by atoms with E-state index in [1.807, 2.05) is 39.1 Å². The first kappa shape index (κ1) is 31.5. The number of hydrogen-bond donors (Lipinski definition) is 3. The molecule has 3 atom stereocenters. The van der Waals surface area contributed by atoms with E-state index in [1.54, 1.807) is 5.51 Å². The fraction of sp³-hybridized carbons (Fsp3) is 0.485. The Balaban J connectivity index is 1.75. The molecule has 216 valence electrons. The maximum absolute atomic E-state index is 13.7. The van der Waals surface area contributed by atoms with E-state index in [0.29, 0.717) is 18.8 Å². The Morgan fingerprint density at radius 2 is 1.50 bits per heavy atom. The van der Waals surface area contributed by atoms with Crippen molar-refractivity contribution in [2.24, 2.45) is 17.6 Å². The van der Waals surface area contributed by atoms with Crippen LogP contribution in [0.25, 0.3) is 0 Å². The Labute approximate surface area is 244 Å². The van der Waals surface area contributed by atoms with Crippen molar-refractivity contribution in [2.45, 2.75) is 90.8 Å². The summed E-state index contributed by atoms with van der Waals surface area (Å²) in [5, 5.41) is 8.02. The van der Waals surface area contributed by atoms with Crippen molar-refractivity contribution in [1.29, 1.82) is 0 Å². The zero-order valence-corrected chi connectivity index (χ0v) is 25.7. The molecule has 3 aromatic rings. The monoisotopic (exact) mass is 562 g/mol. The van der Waals surface area contributed by atoms with Crippen molar-refractivity contribution in [3.8, 4) is 0 Å². The Morgan fingerprint density at radius 3 is 2.05 bits per heavy atom. The molecule has 0 aliphatic rings. The summed E-state index contributed by atoms with van der Waals surface area (Å²) in [5.41, 5.74) is 11.6. The number of thiazole rings is 1. The van der Waals surface area contributed by atoms with E-state index in [9.17, 15) is 9.59 Å². The number of benzene rings is 2. The summed E-state index contributed by atoms with van der Waals surface area (Å²) in [4.78, 5) is 31.5. The molecule has 40 heavy (non-hydrogen) atoms. The number of nitrogens with one attached hydrogen (secondary N) is 2. The van der Waals surface area contributed by atoms with E-state index < -0.39 is 23.0 Å². The summed E-state index contributed by atoms with van der Waals surface area (Å²) in [6, 6.07) is 18.0. The largest absolute Gasteiger partial charge is 0.350 e. The highest BCUT2D eigenvalue weighted by atomic mass is 32.1. The number of aromatic nitrogens is 1. The molecule has 2 amide bonds. The standard InChI is InChI=1S/C33H46N4O2S/c1-23(2)18-19-33(34,29-21-40-22-35-29)24(3)30(38)36-28(31(39)37-32(4,5)6)20-27-16-14-26(15-17-27)13-12-25-10-8-7-9-11-25/h7-11,14-17,21-24,28H,12-13,18-20,34H2,1-6H3,(H,36,38)(H,37,39). The van der Waals surface area contributed by atoms with Gasteiger partial charge in [0.15, 0.2) is 0 Å². The van der Waals surface area contributed by atoms with E-state index in [4.69, 9.17) is 5.73 Å². The number of carbonyl (C=O) groups excluding carboxylic acids is 2. The molecule has 0 saturated heterocycles. The van der Waals surface area contributed by atoms with Gasteiger partial charge in [-0.1, -0.05) is 75.4 Å². The normalized spacial score (nSPS) is 14.8. The van der Waals surface area contributed by atoms with Crippen LogP contribution in [0.4, 0.5) is 0 Å². The third-order valence-corrected chi connectivity index (χ3v) is 7.94. The minimum atomic E-state index is -0.917. The molecular weight excluding hydrogens is 516 g/mol. The second kappa shape index (κ2) is 14.0. The third-order valence-electron chi connectivity index (χ3n) is 7.35. The van der Waals surface area contributed by atoms with Gasteiger partial charge >= 0.3 is 0 Å². The van der Waals surface area contributed by atoms with Gasteiger partial charge in [-0.25, -0.2) is 4.98 Å². The Morgan fingerprint density at radius 1 is 0.900 bits per heavy atom. The zero-order valence-electron chi connectivity index (χ0n) is 24.9. The van der Waals surface area contributed by atoms with E-state index in [0.717, 1.165) is 30.5 Å². The molecule has 0 fully saturated rings. The smallest absolute Gasteiger partial charge is 0.243 e. The summed E-state index contributed by atoms with van der Waals surface area (Å²) in [6.45, 7) is 11.9. The number of amides is 2. The van der Waals surface area contributed by atoms with E-state index in [2.05, 4.69) is 78.0 Å². The molecule has 0 aliphatic carbocycles. The molecule has 6 nitrogen and oxygen atoms in total. The van der Waals surface area contributed by atoms with Gasteiger partial charge in [-0.15, -0.1) is 11.3 Å². The highest BCUT2D eigenvalue weighted by Crippen LogP contribution is 2.33. The van der Waals surface area contributed by atoms with E-state index in [-0.39, 0.29) is 11.8 Å². The first-order chi connectivity index (χ1) is 18.9. The lowest BCUT2D eigenvalue weighted by Gasteiger charge is -2.35. The van der Waals surface area contributed by atoms with Crippen LogP contribution in [0.15, 0.2) is 65.5 Å². The Bertz CT molecular complexity index is 1200. The number of nitrogens with two attached hydrogens (primary N) is 1. The van der Waals surface area contributed by atoms with Crippen LogP contribution < -0.4 is 16.4 Å². The third kappa shape index (κ3) is 9.27. The van der Waals surface area contributed by atoms with Gasteiger partial charge in [0.25, 0.3) is 0 Å². The summed E-state index contributed by atoms with van der Waals surface area (Å²) >= 11 is 1.47. The average molecular weight is 563 g/mol. The number of nitrogens with zero attached hydrogens (tertiary/aromatic N) is 1. The lowest BCUT2D eigenvalue weighted by molar-refractivity contribution is -0.133. The minimum Gasteiger partial charge on any atom is -0.350 e. The summed E-state index contributed by atoms with van der Waals surface area (Å²) < 4.78 is 0. The van der Waals surface area contributed by atoms with Crippen molar-refractivity contribution in [3.05, 3.63) is 87.9 Å². The number of aryl methyl sites for hydroxylation is 2. The van der Waals surface area contributed by atoms with Crippen molar-refractivity contribution in [1.82, 2.24) is 15.6 Å². The molecule has 0 aliphatic heterocycles. The molecular formula is C33H46N4O2S. The molecule has 0 saturated carbocycles. The van der Waals surface area contributed by atoms with Crippen LogP contribution in [0.2, 0.25) is 0 Å². The highest BCUT2D eigenvalue weighted by molar-refractivity contribution is 7.07. The number of carbonyl (C=O) groups is 2. The van der Waals surface area contributed by atoms with Crippen LogP contribution in [-0.2, 0) is 34.4 Å². The van der Waals surface area contributed by atoms with Gasteiger partial charge < -0.3 is 16.4 Å². The van der Waals surface area contributed by atoms with Gasteiger partial charge in [-0.2, -0.15) is 0 Å². The predicted molar refractivity (Wildman–Crippen MR) is 165 cm³/mol. The summed E-state index contributed by atoms with van der Waals surface area (Å²) in [6.07, 6.45) is 3.81. The molecule has 3 rings (SSSR count). The van der Waals surface area contributed by atoms with Crippen LogP contribution in [-0.4, -0.2) is 28.4 Å². The quantitative estimate of drug-likeness (QED) is 0.245. The predicted octanol–water partition coefficient (Wildman–Crippen LogP) is 5.80. The van der Waals surface area contributed by atoms with Gasteiger partial charge in [0.05, 0.1) is 22.7 Å². The topological polar surface area (TPSA) is 97.1 Å². The van der Waals surface area contributed by atoms with Crippen LogP contribution in [0.3, 0.4) is 0 Å². The maximum atomic E-state index is 13.7. The highest BCUT2D eigenvalue weighted by Gasteiger charge is 2.40. The molecule has 1 heterocycles.